The van der Waals surface area contributed by atoms with E-state index >= 15 is 0 Å². The molecule has 1 aliphatic rings. The van der Waals surface area contributed by atoms with Crippen molar-refractivity contribution in [3.63, 3.8) is 0 Å². The molecule has 2 aromatic heterocycles. The van der Waals surface area contributed by atoms with Gasteiger partial charge in [-0.15, -0.1) is 0 Å². The lowest BCUT2D eigenvalue weighted by atomic mass is 9.97. The van der Waals surface area contributed by atoms with E-state index in [1.807, 2.05) is 42.7 Å². The van der Waals surface area contributed by atoms with Gasteiger partial charge in [0.15, 0.2) is 0 Å². The van der Waals surface area contributed by atoms with Crippen LogP contribution in [0.25, 0.3) is 10.8 Å². The van der Waals surface area contributed by atoms with Gasteiger partial charge in [-0.2, -0.15) is 0 Å². The number of hydrogen-bond donors (Lipinski definition) is 1. The smallest absolute Gasteiger partial charge is 0.255 e. The molecule has 3 heterocycles. The number of nitrogens with zero attached hydrogens (tertiary/aromatic N) is 2. The summed E-state index contributed by atoms with van der Waals surface area (Å²) in [6.07, 6.45) is 7.73. The number of hydrogen-bond acceptors (Lipinski definition) is 4. The van der Waals surface area contributed by atoms with Crippen molar-refractivity contribution in [3.05, 3.63) is 70.9 Å². The van der Waals surface area contributed by atoms with Crippen molar-refractivity contribution >= 4 is 10.8 Å². The molecular formula is C21H23N3O2. The highest BCUT2D eigenvalue weighted by molar-refractivity contribution is 5.82. The van der Waals surface area contributed by atoms with E-state index in [2.05, 4.69) is 20.9 Å². The zero-order valence-corrected chi connectivity index (χ0v) is 14.7. The molecule has 5 nitrogen and oxygen atoms in total. The van der Waals surface area contributed by atoms with Crippen LogP contribution >= 0.6 is 0 Å². The molecule has 1 aromatic carbocycles. The summed E-state index contributed by atoms with van der Waals surface area (Å²) in [7, 11) is 0. The minimum absolute atomic E-state index is 0.0602. The summed E-state index contributed by atoms with van der Waals surface area (Å²) in [5.74, 6) is 1.41. The lowest BCUT2D eigenvalue weighted by Gasteiger charge is -2.31. The number of H-pyrrole nitrogens is 1. The molecule has 0 bridgehead atoms. The van der Waals surface area contributed by atoms with Crippen LogP contribution in [0.5, 0.6) is 5.75 Å². The van der Waals surface area contributed by atoms with E-state index < -0.39 is 0 Å². The molecule has 26 heavy (non-hydrogen) atoms. The minimum Gasteiger partial charge on any atom is -0.493 e. The second-order valence-electron chi connectivity index (χ2n) is 6.95. The van der Waals surface area contributed by atoms with Gasteiger partial charge in [-0.25, -0.2) is 0 Å². The quantitative estimate of drug-likeness (QED) is 0.768. The van der Waals surface area contributed by atoms with Gasteiger partial charge in [-0.05, 0) is 73.1 Å². The summed E-state index contributed by atoms with van der Waals surface area (Å²) in [5.41, 5.74) is 1.21. The molecule has 0 aliphatic carbocycles. The van der Waals surface area contributed by atoms with Crippen LogP contribution in [0.2, 0.25) is 0 Å². The topological polar surface area (TPSA) is 58.2 Å². The molecule has 1 aliphatic heterocycles. The monoisotopic (exact) mass is 349 g/mol. The van der Waals surface area contributed by atoms with Crippen molar-refractivity contribution in [2.45, 2.75) is 19.4 Å². The van der Waals surface area contributed by atoms with Gasteiger partial charge < -0.3 is 9.72 Å². The third-order valence-corrected chi connectivity index (χ3v) is 5.07. The summed E-state index contributed by atoms with van der Waals surface area (Å²) in [6.45, 7) is 3.89. The first-order valence-corrected chi connectivity index (χ1v) is 9.13. The van der Waals surface area contributed by atoms with Crippen molar-refractivity contribution in [1.29, 1.82) is 0 Å². The maximum Gasteiger partial charge on any atom is 0.255 e. The van der Waals surface area contributed by atoms with E-state index in [0.717, 1.165) is 50.2 Å². The van der Waals surface area contributed by atoms with Crippen molar-refractivity contribution < 1.29 is 4.74 Å². The number of pyridine rings is 2. The van der Waals surface area contributed by atoms with Gasteiger partial charge in [-0.1, -0.05) is 6.07 Å². The highest BCUT2D eigenvalue weighted by atomic mass is 16.5. The van der Waals surface area contributed by atoms with Crippen molar-refractivity contribution in [2.24, 2.45) is 5.92 Å². The van der Waals surface area contributed by atoms with Gasteiger partial charge in [0.2, 0.25) is 0 Å². The molecule has 0 atom stereocenters. The van der Waals surface area contributed by atoms with Gasteiger partial charge in [-0.3, -0.25) is 14.7 Å². The molecule has 3 aromatic rings. The number of aromatic nitrogens is 2. The fraction of sp³-hybridized carbons (Fsp3) is 0.333. The maximum absolute atomic E-state index is 11.8. The fourth-order valence-corrected chi connectivity index (χ4v) is 3.54. The number of aromatic amines is 1. The Morgan fingerprint density at radius 1 is 1.19 bits per heavy atom. The normalized spacial score (nSPS) is 16.0. The average molecular weight is 349 g/mol. The zero-order chi connectivity index (χ0) is 17.8. The van der Waals surface area contributed by atoms with Crippen LogP contribution in [0.1, 0.15) is 18.4 Å². The molecule has 0 amide bonds. The zero-order valence-electron chi connectivity index (χ0n) is 14.7. The first-order chi connectivity index (χ1) is 12.8. The number of nitrogens with one attached hydrogen (secondary N) is 1. The predicted octanol–water partition coefficient (Wildman–Crippen LogP) is 3.21. The van der Waals surface area contributed by atoms with Crippen LogP contribution in [-0.4, -0.2) is 34.6 Å². The van der Waals surface area contributed by atoms with Crippen molar-refractivity contribution in [2.75, 3.05) is 19.7 Å². The van der Waals surface area contributed by atoms with Crippen molar-refractivity contribution in [3.8, 4) is 5.75 Å². The number of ether oxygens (including phenoxy) is 1. The molecule has 134 valence electrons. The van der Waals surface area contributed by atoms with Crippen LogP contribution in [-0.2, 0) is 6.54 Å². The maximum atomic E-state index is 11.8. The Balaban J connectivity index is 1.29. The van der Waals surface area contributed by atoms with Crippen LogP contribution in [0, 0.1) is 5.92 Å². The Morgan fingerprint density at radius 2 is 2.08 bits per heavy atom. The van der Waals surface area contributed by atoms with Crippen molar-refractivity contribution in [1.82, 2.24) is 14.9 Å². The minimum atomic E-state index is -0.0602. The van der Waals surface area contributed by atoms with E-state index in [1.54, 1.807) is 6.20 Å². The van der Waals surface area contributed by atoms with Gasteiger partial charge in [0.25, 0.3) is 5.56 Å². The Bertz CT molecular complexity index is 915. The molecule has 1 N–H and O–H groups in total. The SMILES string of the molecule is O=c1[nH]ccc2cc(OCC3CCN(Cc4cccnc4)CC3)ccc12. The van der Waals surface area contributed by atoms with Crippen LogP contribution in [0.3, 0.4) is 0 Å². The summed E-state index contributed by atoms with van der Waals surface area (Å²) < 4.78 is 6.01. The third-order valence-electron chi connectivity index (χ3n) is 5.07. The lowest BCUT2D eigenvalue weighted by molar-refractivity contribution is 0.136. The predicted molar refractivity (Wildman–Crippen MR) is 102 cm³/mol. The first kappa shape index (κ1) is 16.8. The lowest BCUT2D eigenvalue weighted by Crippen LogP contribution is -2.35. The molecule has 0 radical (unpaired) electrons. The molecule has 4 rings (SSSR count). The Kier molecular flexibility index (Phi) is 4.97. The van der Waals surface area contributed by atoms with E-state index in [0.29, 0.717) is 11.3 Å². The molecule has 1 saturated heterocycles. The summed E-state index contributed by atoms with van der Waals surface area (Å²) >= 11 is 0. The van der Waals surface area contributed by atoms with Crippen LogP contribution < -0.4 is 10.3 Å². The van der Waals surface area contributed by atoms with E-state index in [9.17, 15) is 4.79 Å². The van der Waals surface area contributed by atoms with Gasteiger partial charge >= 0.3 is 0 Å². The third kappa shape index (κ3) is 3.94. The Hall–Kier alpha value is -2.66. The van der Waals surface area contributed by atoms with E-state index in [1.165, 1.54) is 5.56 Å². The first-order valence-electron chi connectivity index (χ1n) is 9.13. The van der Waals surface area contributed by atoms with Gasteiger partial charge in [0, 0.05) is 30.5 Å². The largest absolute Gasteiger partial charge is 0.493 e. The second-order valence-corrected chi connectivity index (χ2v) is 6.95. The number of fused-ring (bicyclic) bond motifs is 1. The van der Waals surface area contributed by atoms with Gasteiger partial charge in [0.1, 0.15) is 5.75 Å². The Labute approximate surface area is 152 Å². The summed E-state index contributed by atoms with van der Waals surface area (Å²) in [6, 6.07) is 11.7. The van der Waals surface area contributed by atoms with Crippen LogP contribution in [0.4, 0.5) is 0 Å². The highest BCUT2D eigenvalue weighted by Gasteiger charge is 2.20. The van der Waals surface area contributed by atoms with E-state index in [4.69, 9.17) is 4.74 Å². The summed E-state index contributed by atoms with van der Waals surface area (Å²) in [4.78, 5) is 21.1. The van der Waals surface area contributed by atoms with Crippen LogP contribution in [0.15, 0.2) is 59.8 Å². The molecule has 0 spiro atoms. The molecular weight excluding hydrogens is 326 g/mol. The number of likely N-dealkylation sites (tertiary alicyclic amines) is 1. The van der Waals surface area contributed by atoms with Gasteiger partial charge in [0.05, 0.1) is 6.61 Å². The number of rotatable bonds is 5. The second kappa shape index (κ2) is 7.70. The molecule has 0 saturated carbocycles. The molecule has 0 unspecified atom stereocenters. The highest BCUT2D eigenvalue weighted by Crippen LogP contribution is 2.22. The Morgan fingerprint density at radius 3 is 2.88 bits per heavy atom. The standard InChI is InChI=1S/C21H23N3O2/c25-21-20-4-3-19(12-18(20)5-9-23-21)26-15-16-6-10-24(11-7-16)14-17-2-1-8-22-13-17/h1-5,8-9,12-13,16H,6-7,10-11,14-15H2,(H,23,25). The fourth-order valence-electron chi connectivity index (χ4n) is 3.54. The number of piperidine rings is 1. The number of benzene rings is 1. The molecule has 1 fully saturated rings. The van der Waals surface area contributed by atoms with E-state index in [-0.39, 0.29) is 5.56 Å². The average Bonchev–Trinajstić information content (AvgIpc) is 2.68. The summed E-state index contributed by atoms with van der Waals surface area (Å²) in [5, 5.41) is 1.61. The molecule has 5 heteroatoms.